The lowest BCUT2D eigenvalue weighted by atomic mass is 10.1. The van der Waals surface area contributed by atoms with Crippen molar-refractivity contribution in [1.29, 1.82) is 0 Å². The molecule has 0 aromatic heterocycles. The molecule has 0 aromatic carbocycles. The molecule has 0 spiro atoms. The summed E-state index contributed by atoms with van der Waals surface area (Å²) in [5, 5.41) is 8.94. The highest BCUT2D eigenvalue weighted by Crippen LogP contribution is 2.40. The molecule has 2 rings (SSSR count). The second-order valence-electron chi connectivity index (χ2n) is 4.23. The van der Waals surface area contributed by atoms with Gasteiger partial charge in [-0.25, -0.2) is 0 Å². The van der Waals surface area contributed by atoms with Crippen LogP contribution in [0.5, 0.6) is 0 Å². The lowest BCUT2D eigenvalue weighted by Gasteiger charge is -2.19. The van der Waals surface area contributed by atoms with E-state index in [0.717, 1.165) is 12.8 Å². The smallest absolute Gasteiger partial charge is 0.163 e. The van der Waals surface area contributed by atoms with Gasteiger partial charge in [-0.15, -0.1) is 0 Å². The minimum Gasteiger partial charge on any atom is -0.396 e. The zero-order valence-electron chi connectivity index (χ0n) is 7.62. The molecule has 1 heterocycles. The van der Waals surface area contributed by atoms with Crippen LogP contribution in [0.25, 0.3) is 0 Å². The SMILES string of the molecule is CC1(C)O[C@H]2C[C@@H](CO)C[C@H]2O1. The Kier molecular flexibility index (Phi) is 1.90. The summed E-state index contributed by atoms with van der Waals surface area (Å²) in [4.78, 5) is 0. The van der Waals surface area contributed by atoms with Gasteiger partial charge in [-0.05, 0) is 32.6 Å². The molecular weight excluding hydrogens is 156 g/mol. The molecule has 2 fully saturated rings. The predicted molar refractivity (Wildman–Crippen MR) is 43.6 cm³/mol. The third-order valence-electron chi connectivity index (χ3n) is 2.67. The van der Waals surface area contributed by atoms with E-state index in [1.54, 1.807) is 0 Å². The Hall–Kier alpha value is -0.120. The molecule has 1 saturated heterocycles. The number of hydrogen-bond acceptors (Lipinski definition) is 3. The molecular formula is C9H16O3. The Labute approximate surface area is 72.7 Å². The fraction of sp³-hybridized carbons (Fsp3) is 1.00. The van der Waals surface area contributed by atoms with Gasteiger partial charge in [0.25, 0.3) is 0 Å². The summed E-state index contributed by atoms with van der Waals surface area (Å²) in [5.74, 6) is -0.0217. The molecule has 3 heteroatoms. The van der Waals surface area contributed by atoms with E-state index >= 15 is 0 Å². The molecule has 1 N–H and O–H groups in total. The fourth-order valence-electron chi connectivity index (χ4n) is 2.21. The third kappa shape index (κ3) is 1.37. The van der Waals surface area contributed by atoms with Crippen molar-refractivity contribution in [2.75, 3.05) is 6.61 Å². The van der Waals surface area contributed by atoms with E-state index in [9.17, 15) is 0 Å². The Morgan fingerprint density at radius 3 is 2.17 bits per heavy atom. The lowest BCUT2D eigenvalue weighted by Crippen LogP contribution is -2.23. The van der Waals surface area contributed by atoms with Crippen LogP contribution in [0.4, 0.5) is 0 Å². The van der Waals surface area contributed by atoms with Crippen molar-refractivity contribution < 1.29 is 14.6 Å². The van der Waals surface area contributed by atoms with Crippen LogP contribution >= 0.6 is 0 Å². The summed E-state index contributed by atoms with van der Waals surface area (Å²) in [6.07, 6.45) is 2.34. The highest BCUT2D eigenvalue weighted by molar-refractivity contribution is 4.90. The average Bonchev–Trinajstić information content (AvgIpc) is 2.40. The molecule has 12 heavy (non-hydrogen) atoms. The first-order valence-electron chi connectivity index (χ1n) is 4.57. The first-order valence-corrected chi connectivity index (χ1v) is 4.57. The standard InChI is InChI=1S/C9H16O3/c1-9(2)11-7-3-6(5-10)4-8(7)12-9/h6-8,10H,3-5H2,1-2H3/t6-,7+,8-. The number of aliphatic hydroxyl groups excluding tert-OH is 1. The van der Waals surface area contributed by atoms with E-state index in [2.05, 4.69) is 0 Å². The van der Waals surface area contributed by atoms with Gasteiger partial charge in [-0.1, -0.05) is 0 Å². The molecule has 0 aromatic rings. The number of rotatable bonds is 1. The van der Waals surface area contributed by atoms with Crippen molar-refractivity contribution in [3.63, 3.8) is 0 Å². The van der Waals surface area contributed by atoms with Crippen LogP contribution in [0, 0.1) is 5.92 Å². The van der Waals surface area contributed by atoms with Gasteiger partial charge in [-0.2, -0.15) is 0 Å². The molecule has 1 aliphatic carbocycles. The van der Waals surface area contributed by atoms with Crippen molar-refractivity contribution in [3.05, 3.63) is 0 Å². The van der Waals surface area contributed by atoms with Crippen LogP contribution in [0.15, 0.2) is 0 Å². The van der Waals surface area contributed by atoms with Gasteiger partial charge in [0.1, 0.15) is 0 Å². The maximum atomic E-state index is 8.94. The fourth-order valence-corrected chi connectivity index (χ4v) is 2.21. The highest BCUT2D eigenvalue weighted by Gasteiger charge is 2.46. The number of fused-ring (bicyclic) bond motifs is 1. The van der Waals surface area contributed by atoms with Gasteiger partial charge < -0.3 is 14.6 Å². The summed E-state index contributed by atoms with van der Waals surface area (Å²) in [6, 6.07) is 0. The van der Waals surface area contributed by atoms with Crippen LogP contribution in [-0.2, 0) is 9.47 Å². The Balaban J connectivity index is 1.97. The molecule has 0 radical (unpaired) electrons. The van der Waals surface area contributed by atoms with Crippen molar-refractivity contribution in [2.45, 2.75) is 44.7 Å². The topological polar surface area (TPSA) is 38.7 Å². The first-order chi connectivity index (χ1) is 5.61. The average molecular weight is 172 g/mol. The highest BCUT2D eigenvalue weighted by atomic mass is 16.8. The lowest BCUT2D eigenvalue weighted by molar-refractivity contribution is -0.154. The van der Waals surface area contributed by atoms with Crippen molar-refractivity contribution in [2.24, 2.45) is 5.92 Å². The van der Waals surface area contributed by atoms with Crippen LogP contribution in [0.3, 0.4) is 0 Å². The molecule has 2 aliphatic rings. The molecule has 0 unspecified atom stereocenters. The molecule has 0 bridgehead atoms. The normalized spacial score (nSPS) is 44.8. The minimum absolute atomic E-state index is 0.220. The summed E-state index contributed by atoms with van der Waals surface area (Å²) in [6.45, 7) is 4.15. The van der Waals surface area contributed by atoms with E-state index in [1.165, 1.54) is 0 Å². The first kappa shape index (κ1) is 8.48. The van der Waals surface area contributed by atoms with Crippen molar-refractivity contribution in [3.8, 4) is 0 Å². The van der Waals surface area contributed by atoms with Gasteiger partial charge in [0.05, 0.1) is 12.2 Å². The van der Waals surface area contributed by atoms with Crippen LogP contribution in [0.1, 0.15) is 26.7 Å². The zero-order valence-corrected chi connectivity index (χ0v) is 7.62. The van der Waals surface area contributed by atoms with E-state index in [4.69, 9.17) is 14.6 Å². The number of ether oxygens (including phenoxy) is 2. The molecule has 3 nitrogen and oxygen atoms in total. The number of hydrogen-bond donors (Lipinski definition) is 1. The van der Waals surface area contributed by atoms with Crippen molar-refractivity contribution in [1.82, 2.24) is 0 Å². The summed E-state index contributed by atoms with van der Waals surface area (Å²) in [7, 11) is 0. The quantitative estimate of drug-likeness (QED) is 0.639. The monoisotopic (exact) mass is 172 g/mol. The Morgan fingerprint density at radius 2 is 1.75 bits per heavy atom. The van der Waals surface area contributed by atoms with Gasteiger partial charge in [0.15, 0.2) is 5.79 Å². The largest absolute Gasteiger partial charge is 0.396 e. The van der Waals surface area contributed by atoms with E-state index in [-0.39, 0.29) is 18.8 Å². The molecule has 1 saturated carbocycles. The third-order valence-corrected chi connectivity index (χ3v) is 2.67. The second kappa shape index (κ2) is 2.69. The zero-order chi connectivity index (χ0) is 8.77. The van der Waals surface area contributed by atoms with Gasteiger partial charge >= 0.3 is 0 Å². The van der Waals surface area contributed by atoms with E-state index in [0.29, 0.717) is 5.92 Å². The Morgan fingerprint density at radius 1 is 1.25 bits per heavy atom. The van der Waals surface area contributed by atoms with Crippen molar-refractivity contribution >= 4 is 0 Å². The number of aliphatic hydroxyl groups is 1. The summed E-state index contributed by atoms with van der Waals surface area (Å²) < 4.78 is 11.3. The second-order valence-corrected chi connectivity index (χ2v) is 4.23. The predicted octanol–water partition coefficient (Wildman–Crippen LogP) is 0.909. The van der Waals surface area contributed by atoms with Gasteiger partial charge in [-0.3, -0.25) is 0 Å². The van der Waals surface area contributed by atoms with Crippen LogP contribution in [-0.4, -0.2) is 29.7 Å². The molecule has 0 amide bonds. The van der Waals surface area contributed by atoms with Gasteiger partial charge in [0, 0.05) is 6.61 Å². The van der Waals surface area contributed by atoms with E-state index < -0.39 is 5.79 Å². The molecule has 70 valence electrons. The molecule has 1 aliphatic heterocycles. The van der Waals surface area contributed by atoms with E-state index in [1.807, 2.05) is 13.8 Å². The summed E-state index contributed by atoms with van der Waals surface area (Å²) in [5.41, 5.74) is 0. The molecule has 3 atom stereocenters. The summed E-state index contributed by atoms with van der Waals surface area (Å²) >= 11 is 0. The van der Waals surface area contributed by atoms with Gasteiger partial charge in [0.2, 0.25) is 0 Å². The van der Waals surface area contributed by atoms with Crippen LogP contribution in [0.2, 0.25) is 0 Å². The minimum atomic E-state index is -0.407. The maximum absolute atomic E-state index is 8.94. The Bertz CT molecular complexity index is 163. The maximum Gasteiger partial charge on any atom is 0.163 e. The van der Waals surface area contributed by atoms with Crippen LogP contribution < -0.4 is 0 Å².